The van der Waals surface area contributed by atoms with Gasteiger partial charge in [0.1, 0.15) is 0 Å². The van der Waals surface area contributed by atoms with Gasteiger partial charge in [0.05, 0.1) is 5.52 Å². The maximum atomic E-state index is 3.59. The molecule has 1 aliphatic rings. The van der Waals surface area contributed by atoms with Crippen LogP contribution in [0.4, 0.5) is 0 Å². The molecule has 2 aromatic carbocycles. The molecule has 18 heavy (non-hydrogen) atoms. The van der Waals surface area contributed by atoms with Gasteiger partial charge in [-0.3, -0.25) is 0 Å². The fourth-order valence-corrected chi connectivity index (χ4v) is 3.03. The molecule has 0 amide bonds. The van der Waals surface area contributed by atoms with Gasteiger partial charge in [0.25, 0.3) is 0 Å². The summed E-state index contributed by atoms with van der Waals surface area (Å²) in [5.41, 5.74) is 4.06. The van der Waals surface area contributed by atoms with Crippen molar-refractivity contribution < 1.29 is 0 Å². The Morgan fingerprint density at radius 2 is 1.94 bits per heavy atom. The first-order chi connectivity index (χ1) is 8.83. The van der Waals surface area contributed by atoms with Gasteiger partial charge >= 0.3 is 0 Å². The molecule has 1 aromatic heterocycles. The Morgan fingerprint density at radius 1 is 1.06 bits per heavy atom. The molecule has 1 N–H and O–H groups in total. The Morgan fingerprint density at radius 3 is 2.89 bits per heavy atom. The summed E-state index contributed by atoms with van der Waals surface area (Å²) < 4.78 is 0. The summed E-state index contributed by atoms with van der Waals surface area (Å²) in [5.74, 6) is 0.642. The lowest BCUT2D eigenvalue weighted by molar-refractivity contribution is 0.720. The Hall–Kier alpha value is -2.02. The number of H-pyrrole nitrogens is 1. The summed E-state index contributed by atoms with van der Waals surface area (Å²) in [4.78, 5) is 3.59. The maximum absolute atomic E-state index is 3.59. The van der Waals surface area contributed by atoms with Gasteiger partial charge in [-0.15, -0.1) is 0 Å². The zero-order valence-corrected chi connectivity index (χ0v) is 10.4. The number of hydrogen-bond donors (Lipinski definition) is 1. The van der Waals surface area contributed by atoms with Crippen LogP contribution >= 0.6 is 0 Å². The van der Waals surface area contributed by atoms with Crippen LogP contribution in [0, 0.1) is 5.92 Å². The van der Waals surface area contributed by atoms with E-state index in [1.165, 1.54) is 32.9 Å². The lowest BCUT2D eigenvalue weighted by Gasteiger charge is -2.11. The third-order valence-corrected chi connectivity index (χ3v) is 3.96. The molecule has 1 atom stereocenters. The van der Waals surface area contributed by atoms with Crippen molar-refractivity contribution in [2.75, 3.05) is 0 Å². The Bertz CT molecular complexity index is 777. The molecule has 0 saturated heterocycles. The van der Waals surface area contributed by atoms with Crippen molar-refractivity contribution in [2.24, 2.45) is 5.92 Å². The average molecular weight is 233 g/mol. The number of hydrogen-bond acceptors (Lipinski definition) is 0. The Kier molecular flexibility index (Phi) is 1.93. The van der Waals surface area contributed by atoms with Crippen LogP contribution in [0.3, 0.4) is 0 Å². The molecule has 0 spiro atoms. The molecule has 88 valence electrons. The Labute approximate surface area is 106 Å². The number of fused-ring (bicyclic) bond motifs is 5. The van der Waals surface area contributed by atoms with Crippen molar-refractivity contribution in [2.45, 2.75) is 13.3 Å². The van der Waals surface area contributed by atoms with E-state index in [4.69, 9.17) is 0 Å². The van der Waals surface area contributed by atoms with Crippen LogP contribution in [0.15, 0.2) is 42.5 Å². The number of aromatic amines is 1. The summed E-state index contributed by atoms with van der Waals surface area (Å²) in [7, 11) is 0. The van der Waals surface area contributed by atoms with E-state index >= 15 is 0 Å². The summed E-state index contributed by atoms with van der Waals surface area (Å²) in [6.45, 7) is 2.28. The molecule has 0 fully saturated rings. The molecular weight excluding hydrogens is 218 g/mol. The van der Waals surface area contributed by atoms with Crippen LogP contribution < -0.4 is 0 Å². The molecule has 0 radical (unpaired) electrons. The molecule has 1 aliphatic carbocycles. The van der Waals surface area contributed by atoms with E-state index in [1.54, 1.807) is 0 Å². The van der Waals surface area contributed by atoms with Crippen LogP contribution in [-0.2, 0) is 6.42 Å². The molecule has 1 heterocycles. The second-order valence-electron chi connectivity index (χ2n) is 5.27. The molecule has 0 aliphatic heterocycles. The third kappa shape index (κ3) is 1.28. The van der Waals surface area contributed by atoms with Crippen molar-refractivity contribution in [3.05, 3.63) is 53.7 Å². The van der Waals surface area contributed by atoms with Crippen LogP contribution in [-0.4, -0.2) is 4.98 Å². The highest BCUT2D eigenvalue weighted by molar-refractivity contribution is 6.07. The van der Waals surface area contributed by atoms with Crippen LogP contribution in [0.2, 0.25) is 0 Å². The summed E-state index contributed by atoms with van der Waals surface area (Å²) in [6.07, 6.45) is 5.67. The molecule has 1 unspecified atom stereocenters. The van der Waals surface area contributed by atoms with Crippen molar-refractivity contribution in [1.29, 1.82) is 0 Å². The largest absolute Gasteiger partial charge is 0.354 e. The minimum atomic E-state index is 0.642. The summed E-state index contributed by atoms with van der Waals surface area (Å²) in [6, 6.07) is 13.1. The third-order valence-electron chi connectivity index (χ3n) is 3.96. The lowest BCUT2D eigenvalue weighted by Crippen LogP contribution is -2.01. The first kappa shape index (κ1) is 9.95. The van der Waals surface area contributed by atoms with Gasteiger partial charge < -0.3 is 4.98 Å². The highest BCUT2D eigenvalue weighted by Gasteiger charge is 2.16. The maximum Gasteiger partial charge on any atom is 0.0541 e. The zero-order valence-electron chi connectivity index (χ0n) is 10.4. The van der Waals surface area contributed by atoms with Crippen molar-refractivity contribution in [3.8, 4) is 0 Å². The number of nitrogens with one attached hydrogen (secondary N) is 1. The van der Waals surface area contributed by atoms with Crippen LogP contribution in [0.5, 0.6) is 0 Å². The average Bonchev–Trinajstić information content (AvgIpc) is 2.77. The highest BCUT2D eigenvalue weighted by Crippen LogP contribution is 2.33. The molecule has 0 bridgehead atoms. The second-order valence-corrected chi connectivity index (χ2v) is 5.27. The molecular formula is C17H15N. The zero-order chi connectivity index (χ0) is 12.1. The predicted molar refractivity (Wildman–Crippen MR) is 77.7 cm³/mol. The van der Waals surface area contributed by atoms with E-state index in [0.29, 0.717) is 5.92 Å². The SMILES string of the molecule is CC1C=Cc2[nH]c3c(ccc4ccccc43)c2C1. The summed E-state index contributed by atoms with van der Waals surface area (Å²) in [5, 5.41) is 4.02. The van der Waals surface area contributed by atoms with Crippen LogP contribution in [0.1, 0.15) is 18.2 Å². The van der Waals surface area contributed by atoms with E-state index in [-0.39, 0.29) is 0 Å². The van der Waals surface area contributed by atoms with Crippen LogP contribution in [0.25, 0.3) is 27.8 Å². The first-order valence-electron chi connectivity index (χ1n) is 6.53. The van der Waals surface area contributed by atoms with Crippen molar-refractivity contribution >= 4 is 27.8 Å². The van der Waals surface area contributed by atoms with E-state index in [0.717, 1.165) is 6.42 Å². The molecule has 1 nitrogen and oxygen atoms in total. The van der Waals surface area contributed by atoms with Gasteiger partial charge in [0.2, 0.25) is 0 Å². The summed E-state index contributed by atoms with van der Waals surface area (Å²) >= 11 is 0. The van der Waals surface area contributed by atoms with E-state index < -0.39 is 0 Å². The highest BCUT2D eigenvalue weighted by atomic mass is 14.7. The van der Waals surface area contributed by atoms with Gasteiger partial charge in [0, 0.05) is 16.5 Å². The van der Waals surface area contributed by atoms with Gasteiger partial charge in [-0.1, -0.05) is 49.4 Å². The van der Waals surface area contributed by atoms with Gasteiger partial charge in [-0.05, 0) is 29.4 Å². The minimum Gasteiger partial charge on any atom is -0.354 e. The fraction of sp³-hybridized carbons (Fsp3) is 0.176. The molecule has 0 saturated carbocycles. The van der Waals surface area contributed by atoms with Gasteiger partial charge in [-0.25, -0.2) is 0 Å². The lowest BCUT2D eigenvalue weighted by atomic mass is 9.93. The normalized spacial score (nSPS) is 18.4. The standard InChI is InChI=1S/C17H15N/c1-11-6-9-16-15(10-11)14-8-7-12-4-2-3-5-13(12)17(14)18-16/h2-9,11,18H,10H2,1H3. The Balaban J connectivity index is 2.14. The topological polar surface area (TPSA) is 15.8 Å². The quantitative estimate of drug-likeness (QED) is 0.587. The monoisotopic (exact) mass is 233 g/mol. The van der Waals surface area contributed by atoms with Gasteiger partial charge in [0.15, 0.2) is 0 Å². The molecule has 1 heteroatoms. The number of aromatic nitrogens is 1. The number of benzene rings is 2. The minimum absolute atomic E-state index is 0.642. The first-order valence-corrected chi connectivity index (χ1v) is 6.53. The predicted octanol–water partition coefficient (Wildman–Crippen LogP) is 4.53. The molecule has 4 rings (SSSR count). The van der Waals surface area contributed by atoms with E-state index in [9.17, 15) is 0 Å². The second kappa shape index (κ2) is 3.49. The fourth-order valence-electron chi connectivity index (χ4n) is 3.03. The van der Waals surface area contributed by atoms with Gasteiger partial charge in [-0.2, -0.15) is 0 Å². The number of rotatable bonds is 0. The van der Waals surface area contributed by atoms with E-state index in [2.05, 4.69) is 60.5 Å². The van der Waals surface area contributed by atoms with Crippen molar-refractivity contribution in [3.63, 3.8) is 0 Å². The molecule has 3 aromatic rings. The number of allylic oxidation sites excluding steroid dienone is 1. The van der Waals surface area contributed by atoms with Crippen molar-refractivity contribution in [1.82, 2.24) is 4.98 Å². The van der Waals surface area contributed by atoms with E-state index in [1.807, 2.05) is 0 Å². The smallest absolute Gasteiger partial charge is 0.0541 e.